The van der Waals surface area contributed by atoms with Crippen LogP contribution in [-0.2, 0) is 20.7 Å². The summed E-state index contributed by atoms with van der Waals surface area (Å²) in [5.74, 6) is 0.0561. The molecule has 204 valence electrons. The van der Waals surface area contributed by atoms with Crippen LogP contribution in [0.4, 0.5) is 4.79 Å². The summed E-state index contributed by atoms with van der Waals surface area (Å²) in [6.45, 7) is 9.05. The molecule has 0 aliphatic heterocycles. The third kappa shape index (κ3) is 6.40. The zero-order valence-electron chi connectivity index (χ0n) is 23.1. The highest BCUT2D eigenvalue weighted by atomic mass is 32.1. The van der Waals surface area contributed by atoms with Crippen molar-refractivity contribution in [3.63, 3.8) is 0 Å². The Morgan fingerprint density at radius 3 is 2.67 bits per heavy atom. The van der Waals surface area contributed by atoms with Gasteiger partial charge in [0.1, 0.15) is 29.0 Å². The fourth-order valence-electron chi connectivity index (χ4n) is 4.65. The molecule has 1 aliphatic carbocycles. The van der Waals surface area contributed by atoms with Gasteiger partial charge in [0.25, 0.3) is 0 Å². The molecule has 3 aromatic rings. The van der Waals surface area contributed by atoms with Gasteiger partial charge in [0.2, 0.25) is 0 Å². The smallest absolute Gasteiger partial charge is 0.411 e. The quantitative estimate of drug-likeness (QED) is 0.310. The molecule has 0 fully saturated rings. The first-order valence-corrected chi connectivity index (χ1v) is 13.7. The van der Waals surface area contributed by atoms with Crippen LogP contribution in [0.25, 0.3) is 21.0 Å². The van der Waals surface area contributed by atoms with Crippen molar-refractivity contribution >= 4 is 23.4 Å². The van der Waals surface area contributed by atoms with Crippen LogP contribution in [-0.4, -0.2) is 47.3 Å². The van der Waals surface area contributed by atoms with Crippen molar-refractivity contribution in [3.05, 3.63) is 59.3 Å². The van der Waals surface area contributed by atoms with Crippen LogP contribution in [0.15, 0.2) is 42.6 Å². The van der Waals surface area contributed by atoms with E-state index in [1.54, 1.807) is 38.2 Å². The lowest BCUT2D eigenvalue weighted by Gasteiger charge is -2.31. The number of ether oxygens (including phenoxy) is 3. The van der Waals surface area contributed by atoms with Crippen LogP contribution in [0.1, 0.15) is 63.8 Å². The lowest BCUT2D eigenvalue weighted by Crippen LogP contribution is -2.41. The molecular formula is C30H33N3O5S. The molecule has 8 nitrogen and oxygen atoms in total. The first-order chi connectivity index (χ1) is 18.5. The van der Waals surface area contributed by atoms with Crippen LogP contribution >= 0.6 is 11.3 Å². The van der Waals surface area contributed by atoms with E-state index in [0.717, 1.165) is 38.6 Å². The van der Waals surface area contributed by atoms with E-state index in [-0.39, 0.29) is 18.7 Å². The molecule has 1 atom stereocenters. The minimum atomic E-state index is -0.696. The Kier molecular flexibility index (Phi) is 8.26. The van der Waals surface area contributed by atoms with E-state index in [0.29, 0.717) is 17.7 Å². The molecule has 9 heteroatoms. The topological polar surface area (TPSA) is 102 Å². The van der Waals surface area contributed by atoms with Gasteiger partial charge in [-0.25, -0.2) is 9.78 Å². The Balaban J connectivity index is 1.65. The van der Waals surface area contributed by atoms with E-state index in [9.17, 15) is 14.9 Å². The number of esters is 1. The zero-order valence-corrected chi connectivity index (χ0v) is 23.9. The molecule has 2 aromatic carbocycles. The van der Waals surface area contributed by atoms with E-state index >= 15 is 0 Å². The Morgan fingerprint density at radius 1 is 1.23 bits per heavy atom. The number of thiazole rings is 1. The molecule has 0 saturated carbocycles. The van der Waals surface area contributed by atoms with Crippen molar-refractivity contribution in [3.8, 4) is 32.8 Å². The van der Waals surface area contributed by atoms with Crippen molar-refractivity contribution in [2.45, 2.75) is 65.2 Å². The van der Waals surface area contributed by atoms with Gasteiger partial charge in [-0.2, -0.15) is 5.26 Å². The molecule has 1 aliphatic rings. The molecule has 39 heavy (non-hydrogen) atoms. The minimum Gasteiger partial charge on any atom is -0.490 e. The summed E-state index contributed by atoms with van der Waals surface area (Å²) >= 11 is 1.54. The number of nitriles is 1. The monoisotopic (exact) mass is 547 g/mol. The standard InChI is InChI=1S/C30H33N3O5S/c1-18(2)37-25-13-10-19(14-20(25)15-31)28-32-16-26(39-28)23-9-7-8-22-21(23)11-12-24(22)33(17-27(34)36-6)29(35)38-30(3,4)5/h7-10,13-14,16,18,24H,11-12,17H2,1-6H3. The molecule has 0 saturated heterocycles. The molecule has 0 N–H and O–H groups in total. The summed E-state index contributed by atoms with van der Waals surface area (Å²) in [4.78, 5) is 32.4. The molecular weight excluding hydrogens is 514 g/mol. The highest BCUT2D eigenvalue weighted by Crippen LogP contribution is 2.43. The molecule has 0 radical (unpaired) electrons. The maximum Gasteiger partial charge on any atom is 0.411 e. The third-order valence-electron chi connectivity index (χ3n) is 6.25. The number of carbonyl (C=O) groups is 2. The van der Waals surface area contributed by atoms with Gasteiger partial charge in [-0.3, -0.25) is 9.69 Å². The predicted molar refractivity (Wildman–Crippen MR) is 149 cm³/mol. The SMILES string of the molecule is COC(=O)CN(C(=O)OC(C)(C)C)C1CCc2c(-c3cnc(-c4ccc(OC(C)C)c(C#N)c4)s3)cccc21. The number of fused-ring (bicyclic) bond motifs is 1. The van der Waals surface area contributed by atoms with Crippen molar-refractivity contribution < 1.29 is 23.8 Å². The average molecular weight is 548 g/mol. The molecule has 1 aromatic heterocycles. The lowest BCUT2D eigenvalue weighted by molar-refractivity contribution is -0.142. The van der Waals surface area contributed by atoms with Gasteiger partial charge < -0.3 is 14.2 Å². The Hall–Kier alpha value is -3.90. The van der Waals surface area contributed by atoms with E-state index in [1.807, 2.05) is 44.3 Å². The fourth-order valence-corrected chi connectivity index (χ4v) is 5.62. The summed E-state index contributed by atoms with van der Waals surface area (Å²) in [6.07, 6.45) is 2.67. The number of benzene rings is 2. The van der Waals surface area contributed by atoms with Gasteiger partial charge in [0, 0.05) is 11.8 Å². The number of hydrogen-bond donors (Lipinski definition) is 0. The molecule has 1 heterocycles. The largest absolute Gasteiger partial charge is 0.490 e. The highest BCUT2D eigenvalue weighted by Gasteiger charge is 2.36. The van der Waals surface area contributed by atoms with Crippen molar-refractivity contribution in [1.82, 2.24) is 9.88 Å². The zero-order chi connectivity index (χ0) is 28.3. The Morgan fingerprint density at radius 2 is 2.00 bits per heavy atom. The first-order valence-electron chi connectivity index (χ1n) is 12.9. The second-order valence-electron chi connectivity index (χ2n) is 10.6. The summed E-state index contributed by atoms with van der Waals surface area (Å²) in [6, 6.07) is 13.4. The Labute approximate surface area is 233 Å². The third-order valence-corrected chi connectivity index (χ3v) is 7.33. The van der Waals surface area contributed by atoms with Gasteiger partial charge in [-0.15, -0.1) is 11.3 Å². The van der Waals surface area contributed by atoms with Crippen molar-refractivity contribution in [1.29, 1.82) is 5.26 Å². The van der Waals surface area contributed by atoms with E-state index in [1.165, 1.54) is 12.0 Å². The highest BCUT2D eigenvalue weighted by molar-refractivity contribution is 7.18. The number of aromatic nitrogens is 1. The lowest BCUT2D eigenvalue weighted by atomic mass is 10.0. The fraction of sp³-hybridized carbons (Fsp3) is 0.400. The van der Waals surface area contributed by atoms with Crippen LogP contribution < -0.4 is 4.74 Å². The maximum absolute atomic E-state index is 13.1. The van der Waals surface area contributed by atoms with Crippen molar-refractivity contribution in [2.75, 3.05) is 13.7 Å². The number of nitrogens with zero attached hydrogens (tertiary/aromatic N) is 3. The summed E-state index contributed by atoms with van der Waals surface area (Å²) < 4.78 is 16.2. The number of amides is 1. The average Bonchev–Trinajstić information content (AvgIpc) is 3.53. The van der Waals surface area contributed by atoms with E-state index in [2.05, 4.69) is 17.1 Å². The van der Waals surface area contributed by atoms with Gasteiger partial charge in [0.15, 0.2) is 0 Å². The Bertz CT molecular complexity index is 1420. The molecule has 0 bridgehead atoms. The number of hydrogen-bond acceptors (Lipinski definition) is 8. The molecule has 1 amide bonds. The summed E-state index contributed by atoms with van der Waals surface area (Å²) in [5.41, 5.74) is 3.76. The van der Waals surface area contributed by atoms with Crippen molar-refractivity contribution in [2.24, 2.45) is 0 Å². The number of rotatable bonds is 7. The second-order valence-corrected chi connectivity index (χ2v) is 11.7. The minimum absolute atomic E-state index is 0.0303. The van der Waals surface area contributed by atoms with Gasteiger partial charge in [-0.05, 0) is 82.3 Å². The summed E-state index contributed by atoms with van der Waals surface area (Å²) in [7, 11) is 1.31. The molecule has 4 rings (SSSR count). The second kappa shape index (κ2) is 11.5. The van der Waals surface area contributed by atoms with E-state index < -0.39 is 17.7 Å². The predicted octanol–water partition coefficient (Wildman–Crippen LogP) is 6.53. The maximum atomic E-state index is 13.1. The van der Waals surface area contributed by atoms with Crippen LogP contribution in [0.5, 0.6) is 5.75 Å². The molecule has 1 unspecified atom stereocenters. The number of methoxy groups -OCH3 is 1. The number of carbonyl (C=O) groups excluding carboxylic acids is 2. The first kappa shape index (κ1) is 28.1. The normalized spacial score (nSPS) is 14.5. The van der Waals surface area contributed by atoms with Gasteiger partial charge in [-0.1, -0.05) is 18.2 Å². The van der Waals surface area contributed by atoms with Crippen LogP contribution in [0.3, 0.4) is 0 Å². The van der Waals surface area contributed by atoms with E-state index in [4.69, 9.17) is 14.2 Å². The van der Waals surface area contributed by atoms with Crippen LogP contribution in [0, 0.1) is 11.3 Å². The van der Waals surface area contributed by atoms with Gasteiger partial charge >= 0.3 is 12.1 Å². The van der Waals surface area contributed by atoms with Gasteiger partial charge in [0.05, 0.1) is 29.7 Å². The summed E-state index contributed by atoms with van der Waals surface area (Å²) in [5, 5.41) is 10.4. The molecule has 0 spiro atoms. The van der Waals surface area contributed by atoms with Crippen LogP contribution in [0.2, 0.25) is 0 Å².